The number of rotatable bonds is 3. The van der Waals surface area contributed by atoms with Gasteiger partial charge in [0.2, 0.25) is 0 Å². The Bertz CT molecular complexity index is 371. The van der Waals surface area contributed by atoms with Gasteiger partial charge in [0.25, 0.3) is 0 Å². The van der Waals surface area contributed by atoms with E-state index in [4.69, 9.17) is 17.3 Å². The highest BCUT2D eigenvalue weighted by Gasteiger charge is 2.27. The Morgan fingerprint density at radius 3 is 2.41 bits per heavy atom. The molecule has 0 heterocycles. The van der Waals surface area contributed by atoms with Gasteiger partial charge < -0.3 is 5.73 Å². The van der Waals surface area contributed by atoms with Crippen LogP contribution in [0.5, 0.6) is 0 Å². The van der Waals surface area contributed by atoms with Crippen LogP contribution in [0.3, 0.4) is 0 Å². The molecule has 17 heavy (non-hydrogen) atoms. The van der Waals surface area contributed by atoms with Crippen LogP contribution in [-0.4, -0.2) is 6.18 Å². The molecule has 0 unspecified atom stereocenters. The molecular formula is C10H11BrCl2F3N. The summed E-state index contributed by atoms with van der Waals surface area (Å²) >= 11 is 8.96. The van der Waals surface area contributed by atoms with Gasteiger partial charge in [0.1, 0.15) is 0 Å². The first-order valence-electron chi connectivity index (χ1n) is 4.57. The highest BCUT2D eigenvalue weighted by molar-refractivity contribution is 9.10. The van der Waals surface area contributed by atoms with Crippen LogP contribution in [0.2, 0.25) is 5.02 Å². The normalized spacial score (nSPS) is 13.1. The topological polar surface area (TPSA) is 26.0 Å². The highest BCUT2D eigenvalue weighted by atomic mass is 79.9. The Morgan fingerprint density at radius 1 is 1.35 bits per heavy atom. The monoisotopic (exact) mass is 351 g/mol. The Labute approximate surface area is 117 Å². The summed E-state index contributed by atoms with van der Waals surface area (Å²) in [5.74, 6) is 0. The lowest BCUT2D eigenvalue weighted by molar-refractivity contribution is -0.136. The largest absolute Gasteiger partial charge is 0.389 e. The summed E-state index contributed by atoms with van der Waals surface area (Å²) in [6, 6.07) is 4.25. The summed E-state index contributed by atoms with van der Waals surface area (Å²) in [7, 11) is 0. The lowest BCUT2D eigenvalue weighted by Gasteiger charge is -2.14. The average Bonchev–Trinajstić information content (AvgIpc) is 2.17. The molecular weight excluding hydrogens is 342 g/mol. The van der Waals surface area contributed by atoms with E-state index in [1.165, 1.54) is 0 Å². The first-order valence-corrected chi connectivity index (χ1v) is 5.74. The fourth-order valence-electron chi connectivity index (χ4n) is 1.23. The van der Waals surface area contributed by atoms with Crippen molar-refractivity contribution in [1.29, 1.82) is 0 Å². The van der Waals surface area contributed by atoms with Gasteiger partial charge in [-0.1, -0.05) is 17.7 Å². The Hall–Kier alpha value is 0.0300. The van der Waals surface area contributed by atoms with Crippen LogP contribution in [0.4, 0.5) is 13.2 Å². The summed E-state index contributed by atoms with van der Waals surface area (Å²) in [5.41, 5.74) is 6.30. The van der Waals surface area contributed by atoms with Crippen molar-refractivity contribution in [2.75, 3.05) is 0 Å². The molecule has 0 saturated heterocycles. The van der Waals surface area contributed by atoms with E-state index in [1.807, 2.05) is 0 Å². The maximum Gasteiger partial charge on any atom is 0.389 e. The average molecular weight is 353 g/mol. The fraction of sp³-hybridized carbons (Fsp3) is 0.400. The van der Waals surface area contributed by atoms with Crippen molar-refractivity contribution in [2.45, 2.75) is 25.1 Å². The Morgan fingerprint density at radius 2 is 1.94 bits per heavy atom. The molecule has 1 atom stereocenters. The van der Waals surface area contributed by atoms with E-state index in [-0.39, 0.29) is 18.8 Å². The lowest BCUT2D eigenvalue weighted by atomic mass is 10.0. The maximum atomic E-state index is 12.0. The second kappa shape index (κ2) is 6.83. The second-order valence-corrected chi connectivity index (χ2v) is 4.70. The van der Waals surface area contributed by atoms with Crippen molar-refractivity contribution >= 4 is 39.9 Å². The molecule has 7 heteroatoms. The van der Waals surface area contributed by atoms with Crippen molar-refractivity contribution in [3.8, 4) is 0 Å². The maximum absolute atomic E-state index is 12.0. The minimum Gasteiger partial charge on any atom is -0.324 e. The zero-order chi connectivity index (χ0) is 12.3. The number of nitrogens with two attached hydrogens (primary N) is 1. The molecule has 0 aliphatic rings. The summed E-state index contributed by atoms with van der Waals surface area (Å²) < 4.78 is 36.6. The molecule has 1 nitrogen and oxygen atoms in total. The van der Waals surface area contributed by atoms with E-state index in [0.29, 0.717) is 15.1 Å². The molecule has 1 aromatic carbocycles. The van der Waals surface area contributed by atoms with E-state index >= 15 is 0 Å². The number of hydrogen-bond donors (Lipinski definition) is 1. The van der Waals surface area contributed by atoms with Gasteiger partial charge in [0.15, 0.2) is 0 Å². The second-order valence-electron chi connectivity index (χ2n) is 3.43. The zero-order valence-electron chi connectivity index (χ0n) is 8.60. The number of alkyl halides is 3. The van der Waals surface area contributed by atoms with Gasteiger partial charge in [0, 0.05) is 16.9 Å². The molecule has 0 fully saturated rings. The van der Waals surface area contributed by atoms with Crippen LogP contribution in [-0.2, 0) is 0 Å². The van der Waals surface area contributed by atoms with Gasteiger partial charge in [-0.25, -0.2) is 0 Å². The summed E-state index contributed by atoms with van der Waals surface area (Å²) in [5, 5.41) is 0.506. The molecule has 0 aliphatic carbocycles. The smallest absolute Gasteiger partial charge is 0.324 e. The molecule has 0 amide bonds. The molecule has 1 rings (SSSR count). The first kappa shape index (κ1) is 17.0. The van der Waals surface area contributed by atoms with Crippen LogP contribution in [0.25, 0.3) is 0 Å². The fourth-order valence-corrected chi connectivity index (χ4v) is 1.74. The Balaban J connectivity index is 0.00000256. The SMILES string of the molecule is Cl.N[C@H](CCC(F)(F)F)c1ccc(Cl)c(Br)c1. The van der Waals surface area contributed by atoms with E-state index in [0.717, 1.165) is 0 Å². The van der Waals surface area contributed by atoms with Gasteiger partial charge in [0.05, 0.1) is 5.02 Å². The molecule has 0 bridgehead atoms. The quantitative estimate of drug-likeness (QED) is 0.825. The molecule has 98 valence electrons. The zero-order valence-corrected chi connectivity index (χ0v) is 11.8. The van der Waals surface area contributed by atoms with Crippen LogP contribution in [0.1, 0.15) is 24.4 Å². The summed E-state index contributed by atoms with van der Waals surface area (Å²) in [6.45, 7) is 0. The number of halogens is 6. The van der Waals surface area contributed by atoms with E-state index in [2.05, 4.69) is 15.9 Å². The third kappa shape index (κ3) is 5.95. The van der Waals surface area contributed by atoms with Crippen molar-refractivity contribution in [3.63, 3.8) is 0 Å². The molecule has 0 aromatic heterocycles. The molecule has 0 aliphatic heterocycles. The van der Waals surface area contributed by atoms with E-state index < -0.39 is 18.6 Å². The van der Waals surface area contributed by atoms with Crippen LogP contribution >= 0.6 is 39.9 Å². The summed E-state index contributed by atoms with van der Waals surface area (Å²) in [4.78, 5) is 0. The molecule has 0 spiro atoms. The Kier molecular flexibility index (Phi) is 6.84. The standard InChI is InChI=1S/C10H10BrClF3N.ClH/c11-7-5-6(1-2-8(7)12)9(16)3-4-10(13,14)15;/h1-2,5,9H,3-4,16H2;1H/t9-;/m1./s1. The van der Waals surface area contributed by atoms with Gasteiger partial charge in [-0.2, -0.15) is 13.2 Å². The summed E-state index contributed by atoms with van der Waals surface area (Å²) in [6.07, 6.45) is -5.17. The molecule has 0 saturated carbocycles. The highest BCUT2D eigenvalue weighted by Crippen LogP contribution is 2.29. The van der Waals surface area contributed by atoms with Crippen LogP contribution in [0.15, 0.2) is 22.7 Å². The third-order valence-electron chi connectivity index (χ3n) is 2.11. The van der Waals surface area contributed by atoms with Crippen molar-refractivity contribution in [3.05, 3.63) is 33.3 Å². The van der Waals surface area contributed by atoms with Crippen LogP contribution < -0.4 is 5.73 Å². The third-order valence-corrected chi connectivity index (χ3v) is 3.32. The predicted octanol–water partition coefficient (Wildman–Crippen LogP) is 4.87. The van der Waals surface area contributed by atoms with Gasteiger partial charge in [-0.15, -0.1) is 12.4 Å². The van der Waals surface area contributed by atoms with Gasteiger partial charge >= 0.3 is 6.18 Å². The van der Waals surface area contributed by atoms with Crippen LogP contribution in [0, 0.1) is 0 Å². The van der Waals surface area contributed by atoms with Crippen molar-refractivity contribution in [2.24, 2.45) is 5.73 Å². The van der Waals surface area contributed by atoms with Gasteiger partial charge in [-0.05, 0) is 40.0 Å². The van der Waals surface area contributed by atoms with Crippen molar-refractivity contribution < 1.29 is 13.2 Å². The molecule has 2 N–H and O–H groups in total. The lowest BCUT2D eigenvalue weighted by Crippen LogP contribution is -2.15. The first-order chi connectivity index (χ1) is 7.29. The van der Waals surface area contributed by atoms with Crippen molar-refractivity contribution in [1.82, 2.24) is 0 Å². The minimum absolute atomic E-state index is 0. The number of benzene rings is 1. The van der Waals surface area contributed by atoms with E-state index in [1.54, 1.807) is 18.2 Å². The van der Waals surface area contributed by atoms with E-state index in [9.17, 15) is 13.2 Å². The molecule has 1 aromatic rings. The minimum atomic E-state index is -4.17. The predicted molar refractivity (Wildman–Crippen MR) is 68.6 cm³/mol. The number of hydrogen-bond acceptors (Lipinski definition) is 1. The van der Waals surface area contributed by atoms with Gasteiger partial charge in [-0.3, -0.25) is 0 Å². The molecule has 0 radical (unpaired) electrons.